The molecular weight excluding hydrogens is 264 g/mol. The lowest BCUT2D eigenvalue weighted by atomic mass is 10.0. The van der Waals surface area contributed by atoms with Crippen LogP contribution >= 0.6 is 0 Å². The molecule has 3 rings (SSSR count). The first-order valence-corrected chi connectivity index (χ1v) is 6.67. The zero-order valence-corrected chi connectivity index (χ0v) is 11.6. The third-order valence-corrected chi connectivity index (χ3v) is 3.20. The summed E-state index contributed by atoms with van der Waals surface area (Å²) in [7, 11) is 0. The van der Waals surface area contributed by atoms with Crippen molar-refractivity contribution in [2.45, 2.75) is 6.92 Å². The predicted octanol–water partition coefficient (Wildman–Crippen LogP) is 4.36. The molecule has 3 heteroatoms. The molecule has 0 amide bonds. The maximum atomic E-state index is 10.9. The van der Waals surface area contributed by atoms with Crippen molar-refractivity contribution in [2.75, 3.05) is 0 Å². The van der Waals surface area contributed by atoms with E-state index in [9.17, 15) is 4.79 Å². The summed E-state index contributed by atoms with van der Waals surface area (Å²) in [5.41, 5.74) is 1.89. The van der Waals surface area contributed by atoms with Gasteiger partial charge in [-0.3, -0.25) is 9.78 Å². The first-order chi connectivity index (χ1) is 10.2. The third kappa shape index (κ3) is 2.87. The van der Waals surface area contributed by atoms with E-state index in [4.69, 9.17) is 4.89 Å². The molecular formula is C18H14O3. The van der Waals surface area contributed by atoms with Crippen LogP contribution in [0.5, 0.6) is 5.75 Å². The second-order valence-corrected chi connectivity index (χ2v) is 4.72. The van der Waals surface area contributed by atoms with Crippen LogP contribution in [0.25, 0.3) is 21.9 Å². The van der Waals surface area contributed by atoms with Crippen molar-refractivity contribution in [1.82, 2.24) is 0 Å². The molecule has 3 aromatic carbocycles. The van der Waals surface area contributed by atoms with Crippen LogP contribution in [-0.4, -0.2) is 5.97 Å². The van der Waals surface area contributed by atoms with Gasteiger partial charge < -0.3 is 0 Å². The highest BCUT2D eigenvalue weighted by molar-refractivity contribution is 5.88. The zero-order chi connectivity index (χ0) is 14.7. The fourth-order valence-corrected chi connectivity index (χ4v) is 2.24. The van der Waals surface area contributed by atoms with E-state index in [0.717, 1.165) is 16.5 Å². The average Bonchev–Trinajstić information content (AvgIpc) is 2.52. The van der Waals surface area contributed by atoms with Crippen LogP contribution in [0.4, 0.5) is 0 Å². The molecule has 0 spiro atoms. The molecule has 0 radical (unpaired) electrons. The molecule has 3 aromatic rings. The first-order valence-electron chi connectivity index (χ1n) is 6.67. The topological polar surface area (TPSA) is 35.5 Å². The second-order valence-electron chi connectivity index (χ2n) is 4.72. The molecule has 0 fully saturated rings. The van der Waals surface area contributed by atoms with Gasteiger partial charge in [-0.2, -0.15) is 0 Å². The van der Waals surface area contributed by atoms with Crippen LogP contribution in [0.3, 0.4) is 0 Å². The highest BCUT2D eigenvalue weighted by atomic mass is 17.2. The molecule has 0 bridgehead atoms. The van der Waals surface area contributed by atoms with Gasteiger partial charge in [-0.15, -0.1) is 0 Å². The third-order valence-electron chi connectivity index (χ3n) is 3.20. The van der Waals surface area contributed by atoms with Gasteiger partial charge in [-0.05, 0) is 28.5 Å². The highest BCUT2D eigenvalue weighted by Gasteiger charge is 2.08. The number of fused-ring (bicyclic) bond motifs is 1. The second kappa shape index (κ2) is 5.67. The molecule has 0 aliphatic heterocycles. The number of carbonyl (C=O) groups excluding carboxylic acids is 1. The fraction of sp³-hybridized carbons (Fsp3) is 0.0556. The van der Waals surface area contributed by atoms with Crippen molar-refractivity contribution in [3.8, 4) is 16.9 Å². The summed E-state index contributed by atoms with van der Waals surface area (Å²) in [4.78, 5) is 20.6. The number of hydrogen-bond acceptors (Lipinski definition) is 3. The zero-order valence-electron chi connectivity index (χ0n) is 11.6. The lowest BCUT2D eigenvalue weighted by Gasteiger charge is -2.09. The quantitative estimate of drug-likeness (QED) is 0.527. The Bertz CT molecular complexity index is 793. The Labute approximate surface area is 122 Å². The molecule has 21 heavy (non-hydrogen) atoms. The Balaban J connectivity index is 2.03. The van der Waals surface area contributed by atoms with Crippen molar-refractivity contribution in [3.63, 3.8) is 0 Å². The Hall–Kier alpha value is -2.81. The number of carbonyl (C=O) groups is 1. The van der Waals surface area contributed by atoms with Crippen LogP contribution in [0.1, 0.15) is 6.92 Å². The van der Waals surface area contributed by atoms with Gasteiger partial charge in [0.2, 0.25) is 0 Å². The lowest BCUT2D eigenvalue weighted by Crippen LogP contribution is -2.03. The van der Waals surface area contributed by atoms with Crippen molar-refractivity contribution in [3.05, 3.63) is 66.7 Å². The summed E-state index contributed by atoms with van der Waals surface area (Å²) in [6, 6.07) is 21.8. The monoisotopic (exact) mass is 278 g/mol. The van der Waals surface area contributed by atoms with E-state index >= 15 is 0 Å². The van der Waals surface area contributed by atoms with Crippen molar-refractivity contribution < 1.29 is 14.6 Å². The van der Waals surface area contributed by atoms with E-state index in [1.807, 2.05) is 36.4 Å². The molecule has 0 aromatic heterocycles. The normalized spacial score (nSPS) is 10.3. The number of para-hydroxylation sites is 1. The molecule has 0 N–H and O–H groups in total. The standard InChI is InChI=1S/C18H14O3/c1-13(19)20-21-18-9-5-4-8-17(18)16-11-10-14-6-2-3-7-15(14)12-16/h2-12H,1H3. The smallest absolute Gasteiger partial charge is 0.286 e. The fourth-order valence-electron chi connectivity index (χ4n) is 2.24. The molecule has 0 aliphatic rings. The minimum absolute atomic E-state index is 0.483. The molecule has 0 heterocycles. The highest BCUT2D eigenvalue weighted by Crippen LogP contribution is 2.32. The SMILES string of the molecule is CC(=O)OOc1ccccc1-c1ccc2ccccc2c1. The summed E-state index contributed by atoms with van der Waals surface area (Å²) in [5, 5.41) is 2.33. The minimum atomic E-state index is -0.483. The Morgan fingerprint density at radius 2 is 1.57 bits per heavy atom. The van der Waals surface area contributed by atoms with Crippen molar-refractivity contribution in [2.24, 2.45) is 0 Å². The van der Waals surface area contributed by atoms with Crippen LogP contribution < -0.4 is 4.89 Å². The lowest BCUT2D eigenvalue weighted by molar-refractivity contribution is -0.210. The summed E-state index contributed by atoms with van der Waals surface area (Å²) in [6.07, 6.45) is 0. The molecule has 0 unspecified atom stereocenters. The van der Waals surface area contributed by atoms with Crippen LogP contribution in [-0.2, 0) is 9.68 Å². The summed E-state index contributed by atoms with van der Waals surface area (Å²) in [5.74, 6) is 0.0336. The summed E-state index contributed by atoms with van der Waals surface area (Å²) in [6.45, 7) is 1.30. The largest absolute Gasteiger partial charge is 0.352 e. The predicted molar refractivity (Wildman–Crippen MR) is 81.8 cm³/mol. The van der Waals surface area contributed by atoms with Crippen LogP contribution in [0.2, 0.25) is 0 Å². The molecule has 0 aliphatic carbocycles. The van der Waals surface area contributed by atoms with Gasteiger partial charge in [0.1, 0.15) is 0 Å². The van der Waals surface area contributed by atoms with Crippen molar-refractivity contribution in [1.29, 1.82) is 0 Å². The van der Waals surface area contributed by atoms with E-state index in [-0.39, 0.29) is 0 Å². The first kappa shape index (κ1) is 13.2. The van der Waals surface area contributed by atoms with Crippen LogP contribution in [0, 0.1) is 0 Å². The van der Waals surface area contributed by atoms with E-state index in [0.29, 0.717) is 5.75 Å². The molecule has 104 valence electrons. The molecule has 3 nitrogen and oxygen atoms in total. The maximum absolute atomic E-state index is 10.9. The molecule has 0 saturated heterocycles. The molecule has 0 atom stereocenters. The van der Waals surface area contributed by atoms with Gasteiger partial charge in [0.15, 0.2) is 5.75 Å². The minimum Gasteiger partial charge on any atom is -0.286 e. The van der Waals surface area contributed by atoms with Gasteiger partial charge >= 0.3 is 5.97 Å². The number of rotatable bonds is 3. The van der Waals surface area contributed by atoms with E-state index in [1.54, 1.807) is 6.07 Å². The van der Waals surface area contributed by atoms with E-state index in [1.165, 1.54) is 12.3 Å². The van der Waals surface area contributed by atoms with E-state index in [2.05, 4.69) is 29.2 Å². The van der Waals surface area contributed by atoms with Gasteiger partial charge in [-0.25, -0.2) is 4.79 Å². The number of hydrogen-bond donors (Lipinski definition) is 0. The Morgan fingerprint density at radius 3 is 2.38 bits per heavy atom. The van der Waals surface area contributed by atoms with Gasteiger partial charge in [0, 0.05) is 12.5 Å². The van der Waals surface area contributed by atoms with Crippen molar-refractivity contribution >= 4 is 16.7 Å². The average molecular weight is 278 g/mol. The summed E-state index contributed by atoms with van der Waals surface area (Å²) < 4.78 is 0. The van der Waals surface area contributed by atoms with Crippen LogP contribution in [0.15, 0.2) is 66.7 Å². The van der Waals surface area contributed by atoms with Gasteiger partial charge in [0.05, 0.1) is 0 Å². The van der Waals surface area contributed by atoms with E-state index < -0.39 is 5.97 Å². The summed E-state index contributed by atoms with van der Waals surface area (Å²) >= 11 is 0. The maximum Gasteiger partial charge on any atom is 0.352 e. The Kier molecular flexibility index (Phi) is 3.56. The number of benzene rings is 3. The van der Waals surface area contributed by atoms with Gasteiger partial charge in [0.25, 0.3) is 0 Å². The molecule has 0 saturated carbocycles. The Morgan fingerprint density at radius 1 is 0.857 bits per heavy atom. The van der Waals surface area contributed by atoms with Gasteiger partial charge in [-0.1, -0.05) is 54.6 Å².